The fourth-order valence-electron chi connectivity index (χ4n) is 12.4. The summed E-state index contributed by atoms with van der Waals surface area (Å²) in [5, 5.41) is 2.39. The quantitative estimate of drug-likeness (QED) is 0.211. The number of benzene rings is 2. The fourth-order valence-corrected chi connectivity index (χ4v) is 15.9. The predicted molar refractivity (Wildman–Crippen MR) is 184 cm³/mol. The maximum absolute atomic E-state index is 14.4. The highest BCUT2D eigenvalue weighted by molar-refractivity contribution is 8.01. The van der Waals surface area contributed by atoms with Crippen molar-refractivity contribution in [3.63, 3.8) is 0 Å². The number of hydrogen-bond acceptors (Lipinski definition) is 6. The summed E-state index contributed by atoms with van der Waals surface area (Å²) in [5.41, 5.74) is 1.29. The molecule has 6 bridgehead atoms. The Morgan fingerprint density at radius 2 is 1.58 bits per heavy atom. The summed E-state index contributed by atoms with van der Waals surface area (Å²) in [5.74, 6) is 3.48. The maximum Gasteiger partial charge on any atom is 0.271 e. The number of hydrogen-bond donors (Lipinski definition) is 0. The van der Waals surface area contributed by atoms with Crippen molar-refractivity contribution in [1.29, 1.82) is 0 Å². The molecule has 1 saturated heterocycles. The number of likely N-dealkylation sites (tertiary alicyclic amines) is 1. The molecule has 4 atom stereocenters. The fraction of sp³-hybridized carbons (Fsp3) is 0.737. The first-order chi connectivity index (χ1) is 21.5. The minimum Gasteiger partial charge on any atom is -0.311 e. The lowest BCUT2D eigenvalue weighted by atomic mass is 9.48. The van der Waals surface area contributed by atoms with Gasteiger partial charge in [-0.1, -0.05) is 45.0 Å². The summed E-state index contributed by atoms with van der Waals surface area (Å²) in [6.45, 7) is 10.9. The summed E-state index contributed by atoms with van der Waals surface area (Å²) < 4.78 is 38.1. The van der Waals surface area contributed by atoms with Gasteiger partial charge in [-0.3, -0.25) is 4.18 Å². The minimum atomic E-state index is -3.67. The molecule has 2 aromatic carbocycles. The zero-order valence-electron chi connectivity index (χ0n) is 27.5. The number of rotatable bonds is 8. The van der Waals surface area contributed by atoms with Crippen LogP contribution in [0.3, 0.4) is 0 Å². The second-order valence-corrected chi connectivity index (χ2v) is 20.3. The van der Waals surface area contributed by atoms with Crippen LogP contribution in [-0.2, 0) is 14.3 Å². The van der Waals surface area contributed by atoms with Gasteiger partial charge >= 0.3 is 0 Å². The van der Waals surface area contributed by atoms with Crippen LogP contribution in [0.25, 0.3) is 10.8 Å². The third kappa shape index (κ3) is 4.63. The highest BCUT2D eigenvalue weighted by Crippen LogP contribution is 2.68. The van der Waals surface area contributed by atoms with Crippen molar-refractivity contribution >= 4 is 38.5 Å². The maximum atomic E-state index is 14.4. The molecule has 10 rings (SSSR count). The summed E-state index contributed by atoms with van der Waals surface area (Å²) >= 11 is 1.91. The Hall–Kier alpha value is -1.28. The molecule has 2 aromatic rings. The van der Waals surface area contributed by atoms with Gasteiger partial charge in [0.2, 0.25) is 0 Å². The molecule has 6 saturated carbocycles. The summed E-state index contributed by atoms with van der Waals surface area (Å²) in [7, 11) is -3.67. The number of anilines is 1. The average molecular weight is 649 g/mol. The summed E-state index contributed by atoms with van der Waals surface area (Å²) in [4.78, 5) is 3.97. The molecule has 4 unspecified atom stereocenters. The highest BCUT2D eigenvalue weighted by Gasteiger charge is 2.66. The third-order valence-corrected chi connectivity index (χ3v) is 18.0. The van der Waals surface area contributed by atoms with Crippen LogP contribution in [0.1, 0.15) is 91.4 Å². The molecule has 7 fully saturated rings. The van der Waals surface area contributed by atoms with Crippen molar-refractivity contribution in [1.82, 2.24) is 4.90 Å². The van der Waals surface area contributed by atoms with E-state index in [9.17, 15) is 8.42 Å². The van der Waals surface area contributed by atoms with Crippen LogP contribution in [0.15, 0.2) is 41.3 Å². The van der Waals surface area contributed by atoms with E-state index in [1.807, 2.05) is 11.9 Å². The topological polar surface area (TPSA) is 49.9 Å². The second-order valence-electron chi connectivity index (χ2n) is 17.5. The Morgan fingerprint density at radius 1 is 0.911 bits per heavy atom. The third-order valence-electron chi connectivity index (χ3n) is 15.0. The van der Waals surface area contributed by atoms with Crippen LogP contribution in [-0.4, -0.2) is 50.9 Å². The van der Waals surface area contributed by atoms with Gasteiger partial charge < -0.3 is 9.21 Å². The van der Waals surface area contributed by atoms with E-state index in [1.165, 1.54) is 79.1 Å². The van der Waals surface area contributed by atoms with Crippen LogP contribution >= 0.6 is 11.9 Å². The van der Waals surface area contributed by atoms with Crippen molar-refractivity contribution in [3.8, 4) is 0 Å². The number of fused-ring (bicyclic) bond motifs is 2. The van der Waals surface area contributed by atoms with E-state index in [-0.39, 0.29) is 27.6 Å². The Labute approximate surface area is 275 Å². The van der Waals surface area contributed by atoms with Crippen molar-refractivity contribution in [2.24, 2.45) is 45.8 Å². The van der Waals surface area contributed by atoms with Gasteiger partial charge in [0.05, 0.1) is 17.0 Å². The summed E-state index contributed by atoms with van der Waals surface area (Å²) in [6, 6.07) is 13.4. The first-order valence-corrected chi connectivity index (χ1v) is 20.4. The van der Waals surface area contributed by atoms with Crippen LogP contribution < -0.4 is 4.31 Å². The predicted octanol–water partition coefficient (Wildman–Crippen LogP) is 8.53. The lowest BCUT2D eigenvalue weighted by Crippen LogP contribution is -2.57. The van der Waals surface area contributed by atoms with E-state index in [1.54, 1.807) is 0 Å². The van der Waals surface area contributed by atoms with Gasteiger partial charge in [0, 0.05) is 28.8 Å². The lowest BCUT2D eigenvalue weighted by molar-refractivity contribution is -0.118. The van der Waals surface area contributed by atoms with Gasteiger partial charge in [-0.25, -0.2) is 0 Å². The van der Waals surface area contributed by atoms with Crippen molar-refractivity contribution < 1.29 is 12.6 Å². The second kappa shape index (κ2) is 10.4. The van der Waals surface area contributed by atoms with E-state index in [0.29, 0.717) is 11.8 Å². The monoisotopic (exact) mass is 648 g/mol. The van der Waals surface area contributed by atoms with E-state index in [2.05, 4.69) is 66.4 Å². The molecule has 45 heavy (non-hydrogen) atoms. The zero-order valence-corrected chi connectivity index (χ0v) is 29.2. The molecule has 0 radical (unpaired) electrons. The largest absolute Gasteiger partial charge is 0.311 e. The molecule has 0 spiro atoms. The molecule has 5 nitrogen and oxygen atoms in total. The van der Waals surface area contributed by atoms with Gasteiger partial charge in [-0.2, -0.15) is 8.42 Å². The Balaban J connectivity index is 0.917. The van der Waals surface area contributed by atoms with Gasteiger partial charge in [0.1, 0.15) is 0 Å². The van der Waals surface area contributed by atoms with Crippen LogP contribution in [0, 0.1) is 45.8 Å². The van der Waals surface area contributed by atoms with Gasteiger partial charge in [-0.05, 0) is 154 Å². The SMILES string of the molecule is CC1(C)C2CCC1(C)C(S(=O)(=O)OC(CN1CCC(CN3Sc4cccc5cccc3c45)CC1)C13CC4CC(CC(C4)C1)C3)C2. The van der Waals surface area contributed by atoms with E-state index in [0.717, 1.165) is 56.8 Å². The molecular weight excluding hydrogens is 597 g/mol. The molecule has 244 valence electrons. The molecule has 0 aromatic heterocycles. The van der Waals surface area contributed by atoms with E-state index < -0.39 is 10.1 Å². The van der Waals surface area contributed by atoms with E-state index >= 15 is 0 Å². The molecule has 6 aliphatic carbocycles. The lowest BCUT2D eigenvalue weighted by Gasteiger charge is -2.59. The average Bonchev–Trinajstić information content (AvgIpc) is 3.53. The standard InChI is InChI=1S/C38H52N2O3S2/c1-36(2)30-10-13-37(36,3)34(19-30)45(41,42)43-33(38-20-26-16-27(21-38)18-28(17-26)22-38)24-39-14-11-25(12-15-39)23-40-31-8-4-6-29-7-5-9-32(44-40)35(29)31/h4-9,25-28,30,33-34H,10-24H2,1-3H3. The van der Waals surface area contributed by atoms with Crippen molar-refractivity contribution in [2.45, 2.75) is 108 Å². The summed E-state index contributed by atoms with van der Waals surface area (Å²) in [6.07, 6.45) is 12.8. The molecule has 2 aliphatic heterocycles. The Bertz CT molecular complexity index is 1560. The molecule has 7 heteroatoms. The van der Waals surface area contributed by atoms with Gasteiger partial charge in [0.25, 0.3) is 10.1 Å². The molecular formula is C38H52N2O3S2. The number of piperidine rings is 1. The Morgan fingerprint density at radius 3 is 2.20 bits per heavy atom. The van der Waals surface area contributed by atoms with Crippen LogP contribution in [0.2, 0.25) is 0 Å². The first-order valence-electron chi connectivity index (χ1n) is 18.1. The van der Waals surface area contributed by atoms with Gasteiger partial charge in [0.15, 0.2) is 0 Å². The van der Waals surface area contributed by atoms with Crippen molar-refractivity contribution in [3.05, 3.63) is 36.4 Å². The normalized spacial score (nSPS) is 39.4. The minimum absolute atomic E-state index is 0.0450. The zero-order chi connectivity index (χ0) is 30.8. The van der Waals surface area contributed by atoms with Crippen molar-refractivity contribution in [2.75, 3.05) is 30.5 Å². The first kappa shape index (κ1) is 29.8. The Kier molecular flexibility index (Phi) is 6.87. The molecule has 0 N–H and O–H groups in total. The highest BCUT2D eigenvalue weighted by atomic mass is 32.2. The van der Waals surface area contributed by atoms with Crippen LogP contribution in [0.4, 0.5) is 5.69 Å². The molecule has 8 aliphatic rings. The van der Waals surface area contributed by atoms with Gasteiger partial charge in [-0.15, -0.1) is 0 Å². The van der Waals surface area contributed by atoms with Crippen LogP contribution in [0.5, 0.6) is 0 Å². The smallest absolute Gasteiger partial charge is 0.271 e. The number of nitrogens with zero attached hydrogens (tertiary/aromatic N) is 2. The molecule has 2 heterocycles. The van der Waals surface area contributed by atoms with E-state index in [4.69, 9.17) is 4.18 Å². The molecule has 0 amide bonds.